The Morgan fingerprint density at radius 3 is 2.45 bits per heavy atom. The molecule has 0 aliphatic carbocycles. The van der Waals surface area contributed by atoms with Crippen LogP contribution in [0.4, 0.5) is 5.69 Å². The van der Waals surface area contributed by atoms with Crippen molar-refractivity contribution in [2.24, 2.45) is 0 Å². The first-order valence-electron chi connectivity index (χ1n) is 9.43. The third-order valence-corrected chi connectivity index (χ3v) is 7.95. The summed E-state index contributed by atoms with van der Waals surface area (Å²) in [5, 5.41) is 5.72. The lowest BCUT2D eigenvalue weighted by molar-refractivity contribution is 0.415. The minimum atomic E-state index is -3.82. The zero-order valence-electron chi connectivity index (χ0n) is 17.5. The van der Waals surface area contributed by atoms with Crippen molar-refractivity contribution < 1.29 is 17.7 Å². The number of hydrogen-bond acceptors (Lipinski definition) is 7. The van der Waals surface area contributed by atoms with Gasteiger partial charge in [0.1, 0.15) is 15.5 Å². The Kier molecular flexibility index (Phi) is 5.55. The number of benzene rings is 2. The molecule has 0 spiro atoms. The summed E-state index contributed by atoms with van der Waals surface area (Å²) in [5.41, 5.74) is 3.45. The fourth-order valence-corrected chi connectivity index (χ4v) is 5.54. The van der Waals surface area contributed by atoms with Crippen molar-refractivity contribution in [1.29, 1.82) is 0 Å². The summed E-state index contributed by atoms with van der Waals surface area (Å²) in [6.07, 6.45) is 0. The summed E-state index contributed by atoms with van der Waals surface area (Å²) in [6, 6.07) is 14.3. The van der Waals surface area contributed by atoms with Crippen LogP contribution in [0.15, 0.2) is 63.3 Å². The molecule has 2 heterocycles. The number of sulfonamides is 1. The van der Waals surface area contributed by atoms with E-state index in [0.29, 0.717) is 22.1 Å². The van der Waals surface area contributed by atoms with Crippen LogP contribution in [-0.4, -0.2) is 32.7 Å². The molecule has 0 bridgehead atoms. The number of nitrogens with zero attached hydrogens (tertiary/aromatic N) is 3. The number of methoxy groups -OCH3 is 1. The second-order valence-corrected chi connectivity index (χ2v) is 9.86. The van der Waals surface area contributed by atoms with E-state index in [1.807, 2.05) is 38.1 Å². The van der Waals surface area contributed by atoms with Crippen molar-refractivity contribution >= 4 is 27.0 Å². The Balaban J connectivity index is 1.68. The van der Waals surface area contributed by atoms with Crippen LogP contribution in [0, 0.1) is 13.8 Å². The Labute approximate surface area is 185 Å². The summed E-state index contributed by atoms with van der Waals surface area (Å²) >= 11 is 1.24. The van der Waals surface area contributed by atoms with Gasteiger partial charge in [0.05, 0.1) is 12.8 Å². The highest BCUT2D eigenvalue weighted by Crippen LogP contribution is 2.35. The van der Waals surface area contributed by atoms with E-state index in [1.165, 1.54) is 22.7 Å². The van der Waals surface area contributed by atoms with Crippen LogP contribution in [0.5, 0.6) is 5.75 Å². The van der Waals surface area contributed by atoms with E-state index in [1.54, 1.807) is 36.8 Å². The second kappa shape index (κ2) is 8.16. The van der Waals surface area contributed by atoms with Crippen LogP contribution in [0.3, 0.4) is 0 Å². The molecular weight excluding hydrogens is 434 g/mol. The molecule has 0 radical (unpaired) electrons. The molecule has 4 rings (SSSR count). The molecule has 2 aromatic heterocycles. The van der Waals surface area contributed by atoms with Gasteiger partial charge in [0.25, 0.3) is 15.9 Å². The SMILES string of the molecule is COc1ccc(-c2noc(-c3sccc3S(=O)(=O)N(C)c3ccc(C)c(C)c3)n2)cc1. The lowest BCUT2D eigenvalue weighted by Crippen LogP contribution is -2.26. The number of anilines is 1. The first-order chi connectivity index (χ1) is 14.8. The molecule has 31 heavy (non-hydrogen) atoms. The van der Waals surface area contributed by atoms with Gasteiger partial charge in [0.2, 0.25) is 5.82 Å². The Bertz CT molecular complexity index is 1330. The van der Waals surface area contributed by atoms with Crippen LogP contribution in [-0.2, 0) is 10.0 Å². The number of hydrogen-bond donors (Lipinski definition) is 0. The monoisotopic (exact) mass is 455 g/mol. The van der Waals surface area contributed by atoms with Gasteiger partial charge in [-0.15, -0.1) is 11.3 Å². The maximum Gasteiger partial charge on any atom is 0.269 e. The number of ether oxygens (including phenoxy) is 1. The summed E-state index contributed by atoms with van der Waals surface area (Å²) in [4.78, 5) is 4.95. The highest BCUT2D eigenvalue weighted by Gasteiger charge is 2.28. The van der Waals surface area contributed by atoms with Gasteiger partial charge in [0, 0.05) is 12.6 Å². The zero-order valence-corrected chi connectivity index (χ0v) is 19.1. The van der Waals surface area contributed by atoms with Crippen molar-refractivity contribution in [2.75, 3.05) is 18.5 Å². The van der Waals surface area contributed by atoms with Gasteiger partial charge in [-0.1, -0.05) is 11.2 Å². The Morgan fingerprint density at radius 1 is 1.03 bits per heavy atom. The molecule has 0 atom stereocenters. The molecule has 160 valence electrons. The fourth-order valence-electron chi connectivity index (χ4n) is 3.04. The maximum atomic E-state index is 13.4. The van der Waals surface area contributed by atoms with Gasteiger partial charge in [-0.05, 0) is 72.8 Å². The number of aryl methyl sites for hydroxylation is 2. The van der Waals surface area contributed by atoms with E-state index in [0.717, 1.165) is 16.7 Å². The standard InChI is InChI=1S/C22H21N3O4S2/c1-14-5-8-17(13-15(14)2)25(3)31(26,27)19-11-12-30-20(19)22-23-21(24-29-22)16-6-9-18(28-4)10-7-16/h5-13H,1-4H3. The van der Waals surface area contributed by atoms with E-state index in [-0.39, 0.29) is 10.8 Å². The smallest absolute Gasteiger partial charge is 0.269 e. The van der Waals surface area contributed by atoms with Crippen LogP contribution in [0.25, 0.3) is 22.2 Å². The molecular formula is C22H21N3O4S2. The molecule has 9 heteroatoms. The van der Waals surface area contributed by atoms with E-state index >= 15 is 0 Å². The van der Waals surface area contributed by atoms with Crippen molar-refractivity contribution in [3.63, 3.8) is 0 Å². The summed E-state index contributed by atoms with van der Waals surface area (Å²) < 4.78 is 38.6. The molecule has 0 saturated carbocycles. The molecule has 0 N–H and O–H groups in total. The van der Waals surface area contributed by atoms with E-state index in [9.17, 15) is 8.42 Å². The Morgan fingerprint density at radius 2 is 1.77 bits per heavy atom. The van der Waals surface area contributed by atoms with Gasteiger partial charge in [0.15, 0.2) is 0 Å². The van der Waals surface area contributed by atoms with E-state index in [4.69, 9.17) is 9.26 Å². The van der Waals surface area contributed by atoms with Crippen LogP contribution in [0.1, 0.15) is 11.1 Å². The topological polar surface area (TPSA) is 85.5 Å². The molecule has 7 nitrogen and oxygen atoms in total. The van der Waals surface area contributed by atoms with Crippen LogP contribution >= 0.6 is 11.3 Å². The van der Waals surface area contributed by atoms with Gasteiger partial charge in [-0.3, -0.25) is 4.31 Å². The molecule has 0 saturated heterocycles. The largest absolute Gasteiger partial charge is 0.497 e. The zero-order chi connectivity index (χ0) is 22.2. The van der Waals surface area contributed by atoms with E-state index < -0.39 is 10.0 Å². The number of rotatable bonds is 6. The first kappa shape index (κ1) is 21.1. The van der Waals surface area contributed by atoms with Crippen molar-refractivity contribution in [3.8, 4) is 27.9 Å². The van der Waals surface area contributed by atoms with Crippen molar-refractivity contribution in [1.82, 2.24) is 10.1 Å². The van der Waals surface area contributed by atoms with Crippen LogP contribution < -0.4 is 9.04 Å². The van der Waals surface area contributed by atoms with Gasteiger partial charge in [-0.25, -0.2) is 8.42 Å². The van der Waals surface area contributed by atoms with Crippen molar-refractivity contribution in [3.05, 3.63) is 65.0 Å². The molecule has 0 aliphatic rings. The third-order valence-electron chi connectivity index (χ3n) is 5.09. The lowest BCUT2D eigenvalue weighted by Gasteiger charge is -2.20. The summed E-state index contributed by atoms with van der Waals surface area (Å²) in [5.74, 6) is 1.25. The van der Waals surface area contributed by atoms with Gasteiger partial charge in [-0.2, -0.15) is 4.98 Å². The average Bonchev–Trinajstić information content (AvgIpc) is 3.45. The van der Waals surface area contributed by atoms with Crippen LogP contribution in [0.2, 0.25) is 0 Å². The highest BCUT2D eigenvalue weighted by molar-refractivity contribution is 7.93. The van der Waals surface area contributed by atoms with Crippen molar-refractivity contribution in [2.45, 2.75) is 18.7 Å². The quantitative estimate of drug-likeness (QED) is 0.410. The highest BCUT2D eigenvalue weighted by atomic mass is 32.2. The predicted molar refractivity (Wildman–Crippen MR) is 121 cm³/mol. The van der Waals surface area contributed by atoms with E-state index in [2.05, 4.69) is 10.1 Å². The summed E-state index contributed by atoms with van der Waals surface area (Å²) in [6.45, 7) is 3.94. The fraction of sp³-hybridized carbons (Fsp3) is 0.182. The molecule has 0 unspecified atom stereocenters. The van der Waals surface area contributed by atoms with Gasteiger partial charge >= 0.3 is 0 Å². The molecule has 2 aromatic carbocycles. The molecule has 0 fully saturated rings. The minimum absolute atomic E-state index is 0.128. The molecule has 0 amide bonds. The average molecular weight is 456 g/mol. The molecule has 4 aromatic rings. The minimum Gasteiger partial charge on any atom is -0.497 e. The number of thiophene rings is 1. The first-order valence-corrected chi connectivity index (χ1v) is 11.8. The third kappa shape index (κ3) is 3.94. The predicted octanol–water partition coefficient (Wildman–Crippen LogP) is 4.92. The van der Waals surface area contributed by atoms with Gasteiger partial charge < -0.3 is 9.26 Å². The maximum absolute atomic E-state index is 13.4. The Hall–Kier alpha value is -3.17. The molecule has 0 aliphatic heterocycles. The lowest BCUT2D eigenvalue weighted by atomic mass is 10.1. The summed E-state index contributed by atoms with van der Waals surface area (Å²) in [7, 11) is -0.690. The second-order valence-electron chi connectivity index (χ2n) is 7.01. The normalized spacial score (nSPS) is 11.5. The number of aromatic nitrogens is 2.